The lowest BCUT2D eigenvalue weighted by atomic mass is 10.2. The van der Waals surface area contributed by atoms with Crippen molar-refractivity contribution in [3.63, 3.8) is 0 Å². The average Bonchev–Trinajstić information content (AvgIpc) is 3.48. The van der Waals surface area contributed by atoms with Crippen LogP contribution in [0.2, 0.25) is 0 Å². The van der Waals surface area contributed by atoms with Gasteiger partial charge in [-0.1, -0.05) is 18.9 Å². The Morgan fingerprint density at radius 3 is 2.76 bits per heavy atom. The molecular weight excluding hydrogens is 390 g/mol. The number of nitrogens with zero attached hydrogens (tertiary/aromatic N) is 3. The highest BCUT2D eigenvalue weighted by Gasteiger charge is 2.35. The predicted molar refractivity (Wildman–Crippen MR) is 110 cm³/mol. The number of thiophene rings is 1. The van der Waals surface area contributed by atoms with E-state index in [1.807, 2.05) is 11.4 Å². The van der Waals surface area contributed by atoms with Gasteiger partial charge in [-0.25, -0.2) is 0 Å². The molecule has 1 atom stereocenters. The smallest absolute Gasteiger partial charge is 0.264 e. The van der Waals surface area contributed by atoms with E-state index in [1.54, 1.807) is 17.2 Å². The van der Waals surface area contributed by atoms with Crippen molar-refractivity contribution in [2.45, 2.75) is 57.2 Å². The summed E-state index contributed by atoms with van der Waals surface area (Å²) in [5, 5.41) is 11.9. The van der Waals surface area contributed by atoms with E-state index in [-0.39, 0.29) is 30.3 Å². The maximum atomic E-state index is 12.7. The molecule has 1 aliphatic heterocycles. The number of hydrogen-bond acceptors (Lipinski definition) is 5. The topological polar surface area (TPSA) is 96.3 Å². The molecule has 3 amide bonds. The molecule has 0 unspecified atom stereocenters. The number of carbonyl (C=O) groups is 3. The Balaban J connectivity index is 1.32. The lowest BCUT2D eigenvalue weighted by Gasteiger charge is -2.23. The lowest BCUT2D eigenvalue weighted by molar-refractivity contribution is -0.122. The quantitative estimate of drug-likeness (QED) is 0.756. The molecule has 29 heavy (non-hydrogen) atoms. The highest BCUT2D eigenvalue weighted by atomic mass is 32.1. The molecular formula is C20H25N5O3S. The van der Waals surface area contributed by atoms with Crippen LogP contribution < -0.4 is 10.6 Å². The molecule has 0 radical (unpaired) electrons. The van der Waals surface area contributed by atoms with Gasteiger partial charge in [-0.05, 0) is 37.1 Å². The fourth-order valence-electron chi connectivity index (χ4n) is 4.05. The van der Waals surface area contributed by atoms with Crippen LogP contribution in [-0.4, -0.2) is 51.0 Å². The molecule has 8 nitrogen and oxygen atoms in total. The first-order chi connectivity index (χ1) is 14.1. The molecule has 9 heteroatoms. The van der Waals surface area contributed by atoms with Gasteiger partial charge >= 0.3 is 0 Å². The summed E-state index contributed by atoms with van der Waals surface area (Å²) in [6.45, 7) is 0.703. The Bertz CT molecular complexity index is 873. The second kappa shape index (κ2) is 8.77. The molecule has 0 aromatic carbocycles. The van der Waals surface area contributed by atoms with Gasteiger partial charge in [0.1, 0.15) is 12.6 Å². The van der Waals surface area contributed by atoms with Crippen LogP contribution in [0.4, 0.5) is 5.69 Å². The third-order valence-electron chi connectivity index (χ3n) is 5.47. The highest BCUT2D eigenvalue weighted by molar-refractivity contribution is 7.12. The van der Waals surface area contributed by atoms with E-state index >= 15 is 0 Å². The second-order valence-electron chi connectivity index (χ2n) is 7.60. The van der Waals surface area contributed by atoms with Gasteiger partial charge in [0.05, 0.1) is 16.8 Å². The molecule has 4 rings (SSSR count). The number of aromatic nitrogens is 2. The standard InChI is InChI=1S/C20H25N5O3S/c26-18(22-14-5-1-2-6-14)13-24-12-15(11-21-24)23-19(27)16-7-3-9-25(16)20(28)17-8-4-10-29-17/h4,8,10-12,14,16H,1-3,5-7,9,13H2,(H,22,26)(H,23,27)/t16-/m0/s1. The van der Waals surface area contributed by atoms with Gasteiger partial charge in [0, 0.05) is 18.8 Å². The fraction of sp³-hybridized carbons (Fsp3) is 0.500. The number of carbonyl (C=O) groups excluding carboxylic acids is 3. The molecule has 3 heterocycles. The van der Waals surface area contributed by atoms with Crippen LogP contribution in [0.3, 0.4) is 0 Å². The van der Waals surface area contributed by atoms with E-state index in [1.165, 1.54) is 22.2 Å². The van der Waals surface area contributed by atoms with Crippen molar-refractivity contribution >= 4 is 34.7 Å². The minimum atomic E-state index is -0.487. The molecule has 2 aliphatic rings. The molecule has 1 saturated carbocycles. The van der Waals surface area contributed by atoms with Crippen LogP contribution in [0.15, 0.2) is 29.9 Å². The SMILES string of the molecule is O=C(Cn1cc(NC(=O)[C@@H]2CCCN2C(=O)c2cccs2)cn1)NC1CCCC1. The molecule has 0 spiro atoms. The Labute approximate surface area is 173 Å². The maximum absolute atomic E-state index is 12.7. The van der Waals surface area contributed by atoms with Crippen LogP contribution >= 0.6 is 11.3 Å². The second-order valence-corrected chi connectivity index (χ2v) is 8.55. The summed E-state index contributed by atoms with van der Waals surface area (Å²) in [5.74, 6) is -0.388. The summed E-state index contributed by atoms with van der Waals surface area (Å²) in [5.41, 5.74) is 0.527. The van der Waals surface area contributed by atoms with E-state index in [0.29, 0.717) is 23.5 Å². The predicted octanol–water partition coefficient (Wildman–Crippen LogP) is 2.25. The van der Waals surface area contributed by atoms with E-state index in [4.69, 9.17) is 0 Å². The van der Waals surface area contributed by atoms with E-state index in [0.717, 1.165) is 32.1 Å². The summed E-state index contributed by atoms with van der Waals surface area (Å²) in [6, 6.07) is 3.39. The third kappa shape index (κ3) is 4.67. The molecule has 0 bridgehead atoms. The van der Waals surface area contributed by atoms with Crippen molar-refractivity contribution in [3.8, 4) is 0 Å². The maximum Gasteiger partial charge on any atom is 0.264 e. The number of amides is 3. The van der Waals surface area contributed by atoms with Crippen molar-refractivity contribution in [3.05, 3.63) is 34.8 Å². The Kier molecular flexibility index (Phi) is 5.94. The minimum Gasteiger partial charge on any atom is -0.352 e. The van der Waals surface area contributed by atoms with Gasteiger partial charge < -0.3 is 15.5 Å². The van der Waals surface area contributed by atoms with Gasteiger partial charge in [0.15, 0.2) is 0 Å². The van der Waals surface area contributed by atoms with Gasteiger partial charge in [0.25, 0.3) is 5.91 Å². The summed E-state index contributed by atoms with van der Waals surface area (Å²) in [4.78, 5) is 39.8. The van der Waals surface area contributed by atoms with Gasteiger partial charge in [-0.2, -0.15) is 5.10 Å². The zero-order chi connectivity index (χ0) is 20.2. The summed E-state index contributed by atoms with van der Waals surface area (Å²) in [6.07, 6.45) is 9.01. The van der Waals surface area contributed by atoms with Crippen LogP contribution in [-0.2, 0) is 16.1 Å². The number of anilines is 1. The minimum absolute atomic E-state index is 0.0682. The number of likely N-dealkylation sites (tertiary alicyclic amines) is 1. The highest BCUT2D eigenvalue weighted by Crippen LogP contribution is 2.23. The Morgan fingerprint density at radius 2 is 2.00 bits per heavy atom. The van der Waals surface area contributed by atoms with Crippen molar-refractivity contribution in [2.75, 3.05) is 11.9 Å². The molecule has 2 aromatic heterocycles. The zero-order valence-electron chi connectivity index (χ0n) is 16.2. The van der Waals surface area contributed by atoms with Crippen LogP contribution in [0, 0.1) is 0 Å². The Morgan fingerprint density at radius 1 is 1.17 bits per heavy atom. The normalized spacial score (nSPS) is 19.4. The molecule has 2 aromatic rings. The van der Waals surface area contributed by atoms with E-state index in [9.17, 15) is 14.4 Å². The molecule has 154 valence electrons. The summed E-state index contributed by atoms with van der Waals surface area (Å²) < 4.78 is 1.52. The third-order valence-corrected chi connectivity index (χ3v) is 6.33. The molecule has 2 fully saturated rings. The first kappa shape index (κ1) is 19.6. The van der Waals surface area contributed by atoms with Gasteiger partial charge in [-0.3, -0.25) is 19.1 Å². The van der Waals surface area contributed by atoms with Crippen molar-refractivity contribution in [1.29, 1.82) is 0 Å². The van der Waals surface area contributed by atoms with Gasteiger partial charge in [-0.15, -0.1) is 11.3 Å². The van der Waals surface area contributed by atoms with E-state index < -0.39 is 6.04 Å². The van der Waals surface area contributed by atoms with Gasteiger partial charge in [0.2, 0.25) is 11.8 Å². The van der Waals surface area contributed by atoms with Crippen LogP contribution in [0.25, 0.3) is 0 Å². The van der Waals surface area contributed by atoms with E-state index in [2.05, 4.69) is 15.7 Å². The van der Waals surface area contributed by atoms with Crippen molar-refractivity contribution < 1.29 is 14.4 Å². The molecule has 2 N–H and O–H groups in total. The first-order valence-electron chi connectivity index (χ1n) is 10.1. The average molecular weight is 416 g/mol. The number of rotatable bonds is 6. The first-order valence-corrected chi connectivity index (χ1v) is 11.0. The summed E-state index contributed by atoms with van der Waals surface area (Å²) >= 11 is 1.38. The summed E-state index contributed by atoms with van der Waals surface area (Å²) in [7, 11) is 0. The molecule has 1 aliphatic carbocycles. The largest absolute Gasteiger partial charge is 0.352 e. The monoisotopic (exact) mass is 415 g/mol. The van der Waals surface area contributed by atoms with Crippen molar-refractivity contribution in [2.24, 2.45) is 0 Å². The van der Waals surface area contributed by atoms with Crippen LogP contribution in [0.5, 0.6) is 0 Å². The number of hydrogen-bond donors (Lipinski definition) is 2. The number of nitrogens with one attached hydrogen (secondary N) is 2. The van der Waals surface area contributed by atoms with Crippen LogP contribution in [0.1, 0.15) is 48.2 Å². The fourth-order valence-corrected chi connectivity index (χ4v) is 4.73. The van der Waals surface area contributed by atoms with Crippen molar-refractivity contribution in [1.82, 2.24) is 20.0 Å². The lowest BCUT2D eigenvalue weighted by Crippen LogP contribution is -2.42. The zero-order valence-corrected chi connectivity index (χ0v) is 17.0. The Hall–Kier alpha value is -2.68. The molecule has 1 saturated heterocycles.